The average molecular weight is 824 g/mol. The van der Waals surface area contributed by atoms with E-state index in [1.165, 1.54) is 4.90 Å². The van der Waals surface area contributed by atoms with Crippen molar-refractivity contribution >= 4 is 57.9 Å². The van der Waals surface area contributed by atoms with Crippen molar-refractivity contribution in [2.75, 3.05) is 22.9 Å². The minimum atomic E-state index is -0.874. The van der Waals surface area contributed by atoms with Crippen LogP contribution in [0.4, 0.5) is 17.1 Å². The van der Waals surface area contributed by atoms with E-state index in [1.807, 2.05) is 57.5 Å². The minimum Gasteiger partial charge on any atom is -0.397 e. The van der Waals surface area contributed by atoms with E-state index < -0.39 is 23.6 Å². The largest absolute Gasteiger partial charge is 0.397 e. The third-order valence-electron chi connectivity index (χ3n) is 10.4. The number of nitrogens with zero attached hydrogens (tertiary/aromatic N) is 2. The summed E-state index contributed by atoms with van der Waals surface area (Å²) in [5.41, 5.74) is 12.1. The first-order chi connectivity index (χ1) is 28.2. The van der Waals surface area contributed by atoms with E-state index in [1.54, 1.807) is 59.9 Å². The Labute approximate surface area is 350 Å². The molecular formula is C45H57N7O6S. The number of amides is 5. The lowest BCUT2D eigenvalue weighted by molar-refractivity contribution is -0.144. The van der Waals surface area contributed by atoms with Crippen LogP contribution in [0, 0.1) is 12.3 Å². The molecule has 0 spiro atoms. The summed E-state index contributed by atoms with van der Waals surface area (Å²) in [6, 6.07) is 19.9. The molecule has 7 N–H and O–H groups in total. The number of aryl methyl sites for hydroxylation is 1. The first-order valence-corrected chi connectivity index (χ1v) is 21.2. The van der Waals surface area contributed by atoms with Crippen LogP contribution in [-0.4, -0.2) is 69.3 Å². The number of rotatable bonds is 18. The quantitative estimate of drug-likeness (QED) is 0.0464. The Morgan fingerprint density at radius 3 is 2.14 bits per heavy atom. The normalized spacial score (nSPS) is 15.6. The summed E-state index contributed by atoms with van der Waals surface area (Å²) in [6.45, 7) is 7.87. The Morgan fingerprint density at radius 2 is 1.51 bits per heavy atom. The van der Waals surface area contributed by atoms with Crippen molar-refractivity contribution in [1.29, 1.82) is 0 Å². The number of nitrogen functional groups attached to an aromatic ring is 1. The van der Waals surface area contributed by atoms with Gasteiger partial charge in [-0.25, -0.2) is 4.98 Å². The number of likely N-dealkylation sites (tertiary alicyclic amines) is 1. The van der Waals surface area contributed by atoms with Gasteiger partial charge in [0.15, 0.2) is 0 Å². The number of aliphatic hydroxyl groups is 1. The van der Waals surface area contributed by atoms with Gasteiger partial charge in [-0.2, -0.15) is 0 Å². The lowest BCUT2D eigenvalue weighted by Gasteiger charge is -2.35. The summed E-state index contributed by atoms with van der Waals surface area (Å²) in [6.07, 6.45) is 4.83. The summed E-state index contributed by atoms with van der Waals surface area (Å²) >= 11 is 1.58. The van der Waals surface area contributed by atoms with Gasteiger partial charge in [-0.05, 0) is 72.7 Å². The lowest BCUT2D eigenvalue weighted by atomic mass is 9.85. The van der Waals surface area contributed by atoms with Gasteiger partial charge < -0.3 is 37.0 Å². The molecular weight excluding hydrogens is 767 g/mol. The lowest BCUT2D eigenvalue weighted by Crippen LogP contribution is -2.57. The first kappa shape index (κ1) is 44.5. The van der Waals surface area contributed by atoms with Gasteiger partial charge in [0, 0.05) is 43.6 Å². The van der Waals surface area contributed by atoms with Crippen molar-refractivity contribution in [1.82, 2.24) is 20.5 Å². The number of nitrogens with one attached hydrogen (secondary N) is 4. The number of nitrogens with two attached hydrogens (primary N) is 1. The van der Waals surface area contributed by atoms with E-state index in [2.05, 4.69) is 26.3 Å². The molecule has 0 bridgehead atoms. The molecule has 5 rings (SSSR count). The number of hydrogen-bond donors (Lipinski definition) is 6. The maximum Gasteiger partial charge on any atom is 0.255 e. The monoisotopic (exact) mass is 823 g/mol. The van der Waals surface area contributed by atoms with Crippen LogP contribution < -0.4 is 27.0 Å². The third kappa shape index (κ3) is 12.9. The third-order valence-corrected chi connectivity index (χ3v) is 11.4. The predicted molar refractivity (Wildman–Crippen MR) is 232 cm³/mol. The van der Waals surface area contributed by atoms with Crippen LogP contribution in [0.2, 0.25) is 0 Å². The van der Waals surface area contributed by atoms with Crippen LogP contribution in [0.25, 0.3) is 10.4 Å². The molecule has 3 unspecified atom stereocenters. The number of β-amino-alcohol motifs (C(OH)–C–C–N with tert-alkyl or cyclic N) is 1. The van der Waals surface area contributed by atoms with Gasteiger partial charge in [0.25, 0.3) is 5.91 Å². The Kier molecular flexibility index (Phi) is 15.8. The topological polar surface area (TPSA) is 196 Å². The van der Waals surface area contributed by atoms with Crippen molar-refractivity contribution in [3.05, 3.63) is 95.1 Å². The highest BCUT2D eigenvalue weighted by Crippen LogP contribution is 2.29. The van der Waals surface area contributed by atoms with Crippen molar-refractivity contribution < 1.29 is 29.1 Å². The van der Waals surface area contributed by atoms with E-state index in [0.717, 1.165) is 53.8 Å². The molecule has 59 heavy (non-hydrogen) atoms. The van der Waals surface area contributed by atoms with Gasteiger partial charge >= 0.3 is 0 Å². The van der Waals surface area contributed by atoms with Gasteiger partial charge in [0.05, 0.1) is 33.6 Å². The molecule has 1 aromatic heterocycles. The van der Waals surface area contributed by atoms with Crippen LogP contribution in [-0.2, 0) is 25.7 Å². The number of benzene rings is 3. The van der Waals surface area contributed by atoms with Crippen LogP contribution in [0.5, 0.6) is 0 Å². The number of aliphatic hydroxyl groups excluding tert-OH is 1. The van der Waals surface area contributed by atoms with E-state index in [9.17, 15) is 29.1 Å². The van der Waals surface area contributed by atoms with Gasteiger partial charge in [0.1, 0.15) is 12.1 Å². The van der Waals surface area contributed by atoms with Gasteiger partial charge in [0.2, 0.25) is 23.6 Å². The molecule has 1 fully saturated rings. The molecule has 5 amide bonds. The molecule has 0 aliphatic carbocycles. The smallest absolute Gasteiger partial charge is 0.255 e. The first-order valence-electron chi connectivity index (χ1n) is 20.3. The van der Waals surface area contributed by atoms with E-state index in [0.29, 0.717) is 35.5 Å². The zero-order chi connectivity index (χ0) is 42.5. The fourth-order valence-electron chi connectivity index (χ4n) is 7.03. The number of aromatic nitrogens is 1. The second kappa shape index (κ2) is 20.9. The predicted octanol–water partition coefficient (Wildman–Crippen LogP) is 6.82. The number of hydrogen-bond acceptors (Lipinski definition) is 9. The SMILES string of the molecule is Cc1ncsc1-c1ccc(CNC(=O)C2CC(O)CN2C(=O)C(NC(=O)CCCCCCCCC(=O)Nc2ccc(C(=O)Nc3ccccc3N)cc2)C(C)(C)C)cc1. The van der Waals surface area contributed by atoms with Crippen molar-refractivity contribution in [3.63, 3.8) is 0 Å². The van der Waals surface area contributed by atoms with E-state index in [4.69, 9.17) is 5.73 Å². The molecule has 1 saturated heterocycles. The van der Waals surface area contributed by atoms with Crippen molar-refractivity contribution in [2.24, 2.45) is 5.41 Å². The Morgan fingerprint density at radius 1 is 0.864 bits per heavy atom. The van der Waals surface area contributed by atoms with Crippen LogP contribution in [0.3, 0.4) is 0 Å². The molecule has 3 atom stereocenters. The van der Waals surface area contributed by atoms with Crippen molar-refractivity contribution in [2.45, 2.75) is 110 Å². The Bertz CT molecular complexity index is 2060. The zero-order valence-corrected chi connectivity index (χ0v) is 35.2. The summed E-state index contributed by atoms with van der Waals surface area (Å²) in [5.74, 6) is -1.36. The summed E-state index contributed by atoms with van der Waals surface area (Å²) in [7, 11) is 0. The van der Waals surface area contributed by atoms with Gasteiger partial charge in [-0.3, -0.25) is 24.0 Å². The maximum atomic E-state index is 13.9. The second-order valence-corrected chi connectivity index (χ2v) is 17.1. The zero-order valence-electron chi connectivity index (χ0n) is 34.4. The highest BCUT2D eigenvalue weighted by molar-refractivity contribution is 7.13. The van der Waals surface area contributed by atoms with Gasteiger partial charge in [-0.15, -0.1) is 11.3 Å². The number of para-hydroxylation sites is 2. The standard InChI is InChI=1S/C45H57N7O6S/c1-29-40(59-28-48-29)31-19-17-30(18-20-31)26-47-43(57)37-25-34(53)27-52(37)44(58)41(45(2,3)4)51-39(55)16-10-8-6-5-7-9-15-38(54)49-33-23-21-32(22-24-33)42(56)50-36-14-12-11-13-35(36)46/h11-14,17-24,28,34,37,41,53H,5-10,15-16,25-27,46H2,1-4H3,(H,47,57)(H,49,54)(H,50,56)(H,51,55). The summed E-state index contributed by atoms with van der Waals surface area (Å²) in [4.78, 5) is 72.3. The molecule has 14 heteroatoms. The average Bonchev–Trinajstić information content (AvgIpc) is 3.82. The van der Waals surface area contributed by atoms with E-state index in [-0.39, 0.29) is 55.5 Å². The highest BCUT2D eigenvalue weighted by atomic mass is 32.1. The highest BCUT2D eigenvalue weighted by Gasteiger charge is 2.44. The maximum absolute atomic E-state index is 13.9. The molecule has 0 radical (unpaired) electrons. The summed E-state index contributed by atoms with van der Waals surface area (Å²) in [5, 5.41) is 22.1. The summed E-state index contributed by atoms with van der Waals surface area (Å²) < 4.78 is 0. The van der Waals surface area contributed by atoms with E-state index >= 15 is 0 Å². The Hall–Kier alpha value is -5.60. The number of carbonyl (C=O) groups excluding carboxylic acids is 5. The molecule has 1 aliphatic heterocycles. The molecule has 4 aromatic rings. The van der Waals surface area contributed by atoms with Crippen LogP contribution >= 0.6 is 11.3 Å². The fourth-order valence-corrected chi connectivity index (χ4v) is 7.84. The Balaban J connectivity index is 0.981. The fraction of sp³-hybridized carbons (Fsp3) is 0.422. The molecule has 2 heterocycles. The van der Waals surface area contributed by atoms with Crippen molar-refractivity contribution in [3.8, 4) is 10.4 Å². The number of thiazole rings is 1. The number of carbonyl (C=O) groups is 5. The molecule has 13 nitrogen and oxygen atoms in total. The number of unbranched alkanes of at least 4 members (excludes halogenated alkanes) is 5. The number of anilines is 3. The van der Waals surface area contributed by atoms with Crippen LogP contribution in [0.15, 0.2) is 78.3 Å². The molecule has 3 aromatic carbocycles. The van der Waals surface area contributed by atoms with Crippen LogP contribution in [0.1, 0.15) is 100 Å². The molecule has 0 saturated carbocycles. The molecule has 1 aliphatic rings. The minimum absolute atomic E-state index is 0.0171. The second-order valence-electron chi connectivity index (χ2n) is 16.2. The van der Waals surface area contributed by atoms with Gasteiger partial charge in [-0.1, -0.05) is 82.9 Å². The molecule has 314 valence electrons.